The molecule has 1 aromatic rings. The van der Waals surface area contributed by atoms with Gasteiger partial charge in [0.05, 0.1) is 11.1 Å². The third-order valence-corrected chi connectivity index (χ3v) is 4.07. The monoisotopic (exact) mass is 245 g/mol. The van der Waals surface area contributed by atoms with Crippen molar-refractivity contribution in [1.29, 1.82) is 0 Å². The minimum absolute atomic E-state index is 0.292. The summed E-state index contributed by atoms with van der Waals surface area (Å²) in [6, 6.07) is 8.21. The average Bonchev–Trinajstić information content (AvgIpc) is 2.34. The van der Waals surface area contributed by atoms with E-state index in [0.29, 0.717) is 0 Å². The molecule has 18 heavy (non-hydrogen) atoms. The molecule has 0 spiro atoms. The number of hydrogen-bond donors (Lipinski definition) is 0. The van der Waals surface area contributed by atoms with Crippen LogP contribution in [-0.2, 0) is 20.7 Å². The molecule has 1 fully saturated rings. The summed E-state index contributed by atoms with van der Waals surface area (Å²) < 4.78 is 5.45. The molecule has 3 nitrogen and oxygen atoms in total. The molecule has 96 valence electrons. The molecule has 0 aromatic heterocycles. The van der Waals surface area contributed by atoms with Crippen LogP contribution in [0, 0.1) is 0 Å². The largest absolute Gasteiger partial charge is 0.374 e. The van der Waals surface area contributed by atoms with Crippen LogP contribution in [0.15, 0.2) is 29.3 Å². The molecule has 0 N–H and O–H groups in total. The van der Waals surface area contributed by atoms with E-state index in [0.717, 1.165) is 30.4 Å². The highest BCUT2D eigenvalue weighted by molar-refractivity contribution is 5.40. The minimum atomic E-state index is -0.308. The molecular formula is C15H19NO2. The zero-order chi connectivity index (χ0) is 13.2. The van der Waals surface area contributed by atoms with Crippen molar-refractivity contribution in [2.45, 2.75) is 44.2 Å². The summed E-state index contributed by atoms with van der Waals surface area (Å²) >= 11 is 0. The van der Waals surface area contributed by atoms with Crippen LogP contribution in [0.1, 0.15) is 44.2 Å². The van der Waals surface area contributed by atoms with Crippen molar-refractivity contribution in [2.75, 3.05) is 7.11 Å². The van der Waals surface area contributed by atoms with E-state index in [-0.39, 0.29) is 11.1 Å². The maximum Gasteiger partial charge on any atom is 0.235 e. The first-order valence-corrected chi connectivity index (χ1v) is 6.29. The van der Waals surface area contributed by atoms with Crippen molar-refractivity contribution >= 4 is 6.08 Å². The van der Waals surface area contributed by atoms with E-state index in [1.165, 1.54) is 0 Å². The Morgan fingerprint density at radius 2 is 1.89 bits per heavy atom. The van der Waals surface area contributed by atoms with Gasteiger partial charge in [-0.2, -0.15) is 4.99 Å². The standard InChI is InChI=1S/C15H19NO2/c1-14(2,18-3)12-5-7-13(8-6-12)15(16-11-17)9-4-10-15/h5-8H,4,9-10H2,1-3H3. The lowest BCUT2D eigenvalue weighted by atomic mass is 9.72. The molecule has 1 aromatic carbocycles. The van der Waals surface area contributed by atoms with E-state index in [1.807, 2.05) is 13.8 Å². The van der Waals surface area contributed by atoms with Crippen molar-refractivity contribution in [2.24, 2.45) is 4.99 Å². The first-order chi connectivity index (χ1) is 8.54. The van der Waals surface area contributed by atoms with Gasteiger partial charge in [0, 0.05) is 7.11 Å². The summed E-state index contributed by atoms with van der Waals surface area (Å²) in [6.45, 7) is 4.06. The molecule has 1 aliphatic rings. The molecule has 0 saturated heterocycles. The van der Waals surface area contributed by atoms with Crippen LogP contribution in [0.5, 0.6) is 0 Å². The molecule has 0 atom stereocenters. The number of isocyanates is 1. The number of benzene rings is 1. The van der Waals surface area contributed by atoms with Gasteiger partial charge in [-0.3, -0.25) is 0 Å². The topological polar surface area (TPSA) is 38.7 Å². The normalized spacial score (nSPS) is 17.7. The van der Waals surface area contributed by atoms with Crippen molar-refractivity contribution in [1.82, 2.24) is 0 Å². The molecular weight excluding hydrogens is 226 g/mol. The fourth-order valence-electron chi connectivity index (χ4n) is 2.36. The minimum Gasteiger partial charge on any atom is -0.374 e. The summed E-state index contributed by atoms with van der Waals surface area (Å²) in [7, 11) is 1.71. The Kier molecular flexibility index (Phi) is 3.38. The molecule has 0 unspecified atom stereocenters. The van der Waals surface area contributed by atoms with Crippen LogP contribution in [0.3, 0.4) is 0 Å². The fraction of sp³-hybridized carbons (Fsp3) is 0.533. The van der Waals surface area contributed by atoms with E-state index < -0.39 is 0 Å². The second-order valence-corrected chi connectivity index (χ2v) is 5.38. The third kappa shape index (κ3) is 2.12. The number of hydrogen-bond acceptors (Lipinski definition) is 3. The van der Waals surface area contributed by atoms with E-state index >= 15 is 0 Å². The van der Waals surface area contributed by atoms with Crippen molar-refractivity contribution in [3.63, 3.8) is 0 Å². The number of aliphatic imine (C=N–C) groups is 1. The molecule has 0 amide bonds. The zero-order valence-electron chi connectivity index (χ0n) is 11.2. The smallest absolute Gasteiger partial charge is 0.235 e. The number of carbonyl (C=O) groups excluding carboxylic acids is 1. The SMILES string of the molecule is COC(C)(C)c1ccc(C2(N=C=O)CCC2)cc1. The predicted octanol–water partition coefficient (Wildman–Crippen LogP) is 3.28. The van der Waals surface area contributed by atoms with E-state index in [4.69, 9.17) is 4.74 Å². The lowest BCUT2D eigenvalue weighted by molar-refractivity contribution is 0.0192. The Labute approximate surface area is 108 Å². The van der Waals surface area contributed by atoms with Gasteiger partial charge in [-0.15, -0.1) is 0 Å². The molecule has 0 radical (unpaired) electrons. The third-order valence-electron chi connectivity index (χ3n) is 4.07. The quantitative estimate of drug-likeness (QED) is 0.603. The van der Waals surface area contributed by atoms with Gasteiger partial charge in [-0.1, -0.05) is 24.3 Å². The van der Waals surface area contributed by atoms with Gasteiger partial charge in [0.25, 0.3) is 0 Å². The second-order valence-electron chi connectivity index (χ2n) is 5.38. The summed E-state index contributed by atoms with van der Waals surface area (Å²) in [6.07, 6.45) is 4.72. The molecule has 0 aliphatic heterocycles. The van der Waals surface area contributed by atoms with Gasteiger partial charge in [-0.25, -0.2) is 4.79 Å². The van der Waals surface area contributed by atoms with Crippen molar-refractivity contribution < 1.29 is 9.53 Å². The summed E-state index contributed by atoms with van der Waals surface area (Å²) in [4.78, 5) is 14.6. The predicted molar refractivity (Wildman–Crippen MR) is 70.1 cm³/mol. The van der Waals surface area contributed by atoms with Gasteiger partial charge < -0.3 is 4.74 Å². The molecule has 0 bridgehead atoms. The number of ether oxygens (including phenoxy) is 1. The van der Waals surface area contributed by atoms with Gasteiger partial charge in [0.2, 0.25) is 6.08 Å². The number of rotatable bonds is 4. The highest BCUT2D eigenvalue weighted by atomic mass is 16.5. The van der Waals surface area contributed by atoms with E-state index in [9.17, 15) is 4.79 Å². The van der Waals surface area contributed by atoms with Gasteiger partial charge in [-0.05, 0) is 44.2 Å². The van der Waals surface area contributed by atoms with Crippen LogP contribution in [0.4, 0.5) is 0 Å². The van der Waals surface area contributed by atoms with Gasteiger partial charge >= 0.3 is 0 Å². The molecule has 3 heteroatoms. The lowest BCUT2D eigenvalue weighted by Crippen LogP contribution is -2.32. The van der Waals surface area contributed by atoms with Crippen LogP contribution in [0.25, 0.3) is 0 Å². The second kappa shape index (κ2) is 4.68. The molecule has 2 rings (SSSR count). The Hall–Kier alpha value is -1.44. The first-order valence-electron chi connectivity index (χ1n) is 6.29. The Balaban J connectivity index is 2.30. The highest BCUT2D eigenvalue weighted by Crippen LogP contribution is 2.44. The Morgan fingerprint density at radius 3 is 2.28 bits per heavy atom. The van der Waals surface area contributed by atoms with Gasteiger partial charge in [0.1, 0.15) is 0 Å². The van der Waals surface area contributed by atoms with E-state index in [2.05, 4.69) is 29.3 Å². The zero-order valence-corrected chi connectivity index (χ0v) is 11.2. The summed E-state index contributed by atoms with van der Waals surface area (Å²) in [5.41, 5.74) is 1.63. The molecule has 0 heterocycles. The Bertz CT molecular complexity index is 466. The van der Waals surface area contributed by atoms with Crippen LogP contribution in [0.2, 0.25) is 0 Å². The first kappa shape index (κ1) is 13.0. The maximum absolute atomic E-state index is 10.5. The highest BCUT2D eigenvalue weighted by Gasteiger charge is 2.38. The number of methoxy groups -OCH3 is 1. The van der Waals surface area contributed by atoms with Crippen LogP contribution in [-0.4, -0.2) is 13.2 Å². The molecule has 1 aliphatic carbocycles. The fourth-order valence-corrected chi connectivity index (χ4v) is 2.36. The Morgan fingerprint density at radius 1 is 1.28 bits per heavy atom. The molecule has 1 saturated carbocycles. The van der Waals surface area contributed by atoms with Crippen molar-refractivity contribution in [3.05, 3.63) is 35.4 Å². The van der Waals surface area contributed by atoms with E-state index in [1.54, 1.807) is 13.2 Å². The maximum atomic E-state index is 10.5. The number of nitrogens with zero attached hydrogens (tertiary/aromatic N) is 1. The average molecular weight is 245 g/mol. The van der Waals surface area contributed by atoms with Gasteiger partial charge in [0.15, 0.2) is 0 Å². The summed E-state index contributed by atoms with van der Waals surface area (Å²) in [5.74, 6) is 0. The van der Waals surface area contributed by atoms with Crippen molar-refractivity contribution in [3.8, 4) is 0 Å². The van der Waals surface area contributed by atoms with Crippen LogP contribution < -0.4 is 0 Å². The lowest BCUT2D eigenvalue weighted by Gasteiger charge is -2.37. The summed E-state index contributed by atoms with van der Waals surface area (Å²) in [5, 5.41) is 0. The van der Waals surface area contributed by atoms with Crippen LogP contribution >= 0.6 is 0 Å².